The van der Waals surface area contributed by atoms with Gasteiger partial charge in [-0.3, -0.25) is 10.4 Å². The van der Waals surface area contributed by atoms with Crippen LogP contribution in [0.15, 0.2) is 47.7 Å². The lowest BCUT2D eigenvalue weighted by molar-refractivity contribution is 0.627. The Balaban J connectivity index is 1.77. The monoisotopic (exact) mass is 285 g/mol. The number of rotatable bonds is 3. The predicted octanol–water partition coefficient (Wildman–Crippen LogP) is 4.64. The van der Waals surface area contributed by atoms with E-state index in [4.69, 9.17) is 11.6 Å². The molecular formula is C16H16ClN3. The number of hydrazone groups is 1. The van der Waals surface area contributed by atoms with Gasteiger partial charge in [0.2, 0.25) is 0 Å². The van der Waals surface area contributed by atoms with Crippen molar-refractivity contribution in [3.8, 4) is 0 Å². The molecule has 0 spiro atoms. The van der Waals surface area contributed by atoms with Crippen molar-refractivity contribution in [2.45, 2.75) is 19.3 Å². The molecule has 1 aromatic carbocycles. The van der Waals surface area contributed by atoms with Gasteiger partial charge in [-0.15, -0.1) is 0 Å². The standard InChI is InChI=1S/C16H16ClN3/c17-13-6-7-14-15(8-9-18-16(14)10-13)20-19-11-12-4-2-1-3-5-12/h1-2,6-12H,3-5H2,(H,18,20). The van der Waals surface area contributed by atoms with Gasteiger partial charge in [0.15, 0.2) is 0 Å². The third-order valence-corrected chi connectivity index (χ3v) is 3.72. The molecule has 102 valence electrons. The number of hydrogen-bond donors (Lipinski definition) is 1. The van der Waals surface area contributed by atoms with Crippen molar-refractivity contribution in [3.63, 3.8) is 0 Å². The van der Waals surface area contributed by atoms with Gasteiger partial charge in [-0.1, -0.05) is 23.8 Å². The van der Waals surface area contributed by atoms with Crippen LogP contribution in [-0.2, 0) is 0 Å². The van der Waals surface area contributed by atoms with Gasteiger partial charge in [0.25, 0.3) is 0 Å². The van der Waals surface area contributed by atoms with Gasteiger partial charge in [0, 0.05) is 22.8 Å². The Kier molecular flexibility index (Phi) is 3.97. The van der Waals surface area contributed by atoms with E-state index in [2.05, 4.69) is 27.7 Å². The Labute approximate surface area is 123 Å². The van der Waals surface area contributed by atoms with Crippen LogP contribution in [0, 0.1) is 5.92 Å². The second kappa shape index (κ2) is 6.06. The molecular weight excluding hydrogens is 270 g/mol. The molecule has 0 aliphatic heterocycles. The highest BCUT2D eigenvalue weighted by Crippen LogP contribution is 2.24. The van der Waals surface area contributed by atoms with Crippen LogP contribution in [0.3, 0.4) is 0 Å². The van der Waals surface area contributed by atoms with E-state index in [0.717, 1.165) is 29.4 Å². The SMILES string of the molecule is Clc1ccc2c(NN=CC3CC=CCC3)ccnc2c1. The fraction of sp³-hybridized carbons (Fsp3) is 0.250. The highest BCUT2D eigenvalue weighted by atomic mass is 35.5. The number of fused-ring (bicyclic) bond motifs is 1. The number of nitrogens with zero attached hydrogens (tertiary/aromatic N) is 2. The average molecular weight is 286 g/mol. The Morgan fingerprint density at radius 3 is 3.10 bits per heavy atom. The fourth-order valence-corrected chi connectivity index (χ4v) is 2.55. The number of nitrogens with one attached hydrogen (secondary N) is 1. The van der Waals surface area contributed by atoms with Crippen LogP contribution in [0.1, 0.15) is 19.3 Å². The molecule has 0 saturated heterocycles. The van der Waals surface area contributed by atoms with E-state index in [-0.39, 0.29) is 0 Å². The lowest BCUT2D eigenvalue weighted by Gasteiger charge is -2.12. The van der Waals surface area contributed by atoms with Crippen molar-refractivity contribution in [1.29, 1.82) is 0 Å². The molecule has 0 saturated carbocycles. The number of pyridine rings is 1. The summed E-state index contributed by atoms with van der Waals surface area (Å²) in [4.78, 5) is 4.32. The van der Waals surface area contributed by atoms with Crippen LogP contribution >= 0.6 is 11.6 Å². The first-order chi connectivity index (χ1) is 9.83. The third-order valence-electron chi connectivity index (χ3n) is 3.48. The van der Waals surface area contributed by atoms with Gasteiger partial charge in [-0.25, -0.2) is 0 Å². The fourth-order valence-electron chi connectivity index (χ4n) is 2.38. The van der Waals surface area contributed by atoms with Gasteiger partial charge in [0.05, 0.1) is 11.2 Å². The van der Waals surface area contributed by atoms with Crippen LogP contribution < -0.4 is 5.43 Å². The zero-order chi connectivity index (χ0) is 13.8. The van der Waals surface area contributed by atoms with Crippen LogP contribution in [0.2, 0.25) is 5.02 Å². The lowest BCUT2D eigenvalue weighted by atomic mass is 9.96. The van der Waals surface area contributed by atoms with Crippen molar-refractivity contribution in [1.82, 2.24) is 4.98 Å². The number of aromatic nitrogens is 1. The summed E-state index contributed by atoms with van der Waals surface area (Å²) in [6, 6.07) is 7.62. The van der Waals surface area contributed by atoms with E-state index in [9.17, 15) is 0 Å². The number of hydrogen-bond acceptors (Lipinski definition) is 3. The normalized spacial score (nSPS) is 18.8. The molecule has 1 aliphatic carbocycles. The Morgan fingerprint density at radius 2 is 2.25 bits per heavy atom. The molecule has 1 heterocycles. The smallest absolute Gasteiger partial charge is 0.0738 e. The first-order valence-electron chi connectivity index (χ1n) is 6.81. The molecule has 2 aromatic rings. The second-order valence-electron chi connectivity index (χ2n) is 4.95. The summed E-state index contributed by atoms with van der Waals surface area (Å²) >= 11 is 5.98. The van der Waals surface area contributed by atoms with Gasteiger partial charge in [0.1, 0.15) is 0 Å². The summed E-state index contributed by atoms with van der Waals surface area (Å²) in [5, 5.41) is 6.09. The summed E-state index contributed by atoms with van der Waals surface area (Å²) < 4.78 is 0. The van der Waals surface area contributed by atoms with E-state index in [0.29, 0.717) is 10.9 Å². The lowest BCUT2D eigenvalue weighted by Crippen LogP contribution is -2.05. The maximum absolute atomic E-state index is 5.98. The minimum Gasteiger partial charge on any atom is -0.278 e. The summed E-state index contributed by atoms with van der Waals surface area (Å²) in [7, 11) is 0. The minimum atomic E-state index is 0.537. The van der Waals surface area contributed by atoms with Crippen molar-refractivity contribution in [2.24, 2.45) is 11.0 Å². The Morgan fingerprint density at radius 1 is 1.30 bits per heavy atom. The molecule has 3 rings (SSSR count). The maximum Gasteiger partial charge on any atom is 0.0738 e. The Bertz CT molecular complexity index is 664. The summed E-state index contributed by atoms with van der Waals surface area (Å²) in [5.74, 6) is 0.537. The second-order valence-corrected chi connectivity index (χ2v) is 5.39. The van der Waals surface area contributed by atoms with Crippen LogP contribution in [0.25, 0.3) is 10.9 Å². The van der Waals surface area contributed by atoms with Gasteiger partial charge in [-0.05, 0) is 49.4 Å². The highest BCUT2D eigenvalue weighted by Gasteiger charge is 2.06. The van der Waals surface area contributed by atoms with E-state index in [1.54, 1.807) is 6.20 Å². The van der Waals surface area contributed by atoms with Crippen molar-refractivity contribution in [2.75, 3.05) is 5.43 Å². The van der Waals surface area contributed by atoms with Gasteiger partial charge >= 0.3 is 0 Å². The first kappa shape index (κ1) is 13.1. The van der Waals surface area contributed by atoms with Gasteiger partial charge < -0.3 is 0 Å². The molecule has 1 N–H and O–H groups in total. The van der Waals surface area contributed by atoms with Crippen LogP contribution in [-0.4, -0.2) is 11.2 Å². The minimum absolute atomic E-state index is 0.537. The maximum atomic E-state index is 5.98. The molecule has 1 atom stereocenters. The zero-order valence-electron chi connectivity index (χ0n) is 11.1. The van der Waals surface area contributed by atoms with Crippen molar-refractivity contribution in [3.05, 3.63) is 47.6 Å². The number of allylic oxidation sites excluding steroid dienone is 2. The predicted molar refractivity (Wildman–Crippen MR) is 85.3 cm³/mol. The number of halogens is 1. The topological polar surface area (TPSA) is 37.3 Å². The van der Waals surface area contributed by atoms with Gasteiger partial charge in [-0.2, -0.15) is 5.10 Å². The molecule has 1 aliphatic rings. The Hall–Kier alpha value is -1.87. The molecule has 20 heavy (non-hydrogen) atoms. The van der Waals surface area contributed by atoms with E-state index in [1.165, 1.54) is 6.42 Å². The molecule has 0 radical (unpaired) electrons. The van der Waals surface area contributed by atoms with E-state index < -0.39 is 0 Å². The molecule has 0 bridgehead atoms. The third kappa shape index (κ3) is 2.99. The molecule has 0 fully saturated rings. The first-order valence-corrected chi connectivity index (χ1v) is 7.19. The summed E-state index contributed by atoms with van der Waals surface area (Å²) in [5.41, 5.74) is 4.94. The van der Waals surface area contributed by atoms with Crippen LogP contribution in [0.4, 0.5) is 5.69 Å². The quantitative estimate of drug-likeness (QED) is 0.507. The van der Waals surface area contributed by atoms with Crippen molar-refractivity contribution >= 4 is 34.4 Å². The largest absolute Gasteiger partial charge is 0.278 e. The molecule has 0 amide bonds. The van der Waals surface area contributed by atoms with E-state index in [1.807, 2.05) is 30.5 Å². The molecule has 3 nitrogen and oxygen atoms in total. The molecule has 1 unspecified atom stereocenters. The molecule has 1 aromatic heterocycles. The number of anilines is 1. The number of benzene rings is 1. The van der Waals surface area contributed by atoms with Crippen LogP contribution in [0.5, 0.6) is 0 Å². The van der Waals surface area contributed by atoms with Crippen molar-refractivity contribution < 1.29 is 0 Å². The summed E-state index contributed by atoms with van der Waals surface area (Å²) in [6.45, 7) is 0. The zero-order valence-corrected chi connectivity index (χ0v) is 11.8. The average Bonchev–Trinajstić information content (AvgIpc) is 2.48. The summed E-state index contributed by atoms with van der Waals surface area (Å²) in [6.07, 6.45) is 11.6. The highest BCUT2D eigenvalue weighted by molar-refractivity contribution is 6.31. The molecule has 4 heteroatoms. The van der Waals surface area contributed by atoms with E-state index >= 15 is 0 Å².